The molecule has 1 aromatic rings. The van der Waals surface area contributed by atoms with Gasteiger partial charge in [-0.25, -0.2) is 5.06 Å². The minimum absolute atomic E-state index is 0.0887. The third-order valence-corrected chi connectivity index (χ3v) is 4.15. The van der Waals surface area contributed by atoms with E-state index in [0.29, 0.717) is 5.06 Å². The van der Waals surface area contributed by atoms with Crippen LogP contribution in [-0.4, -0.2) is 40.8 Å². The molecule has 0 atom stereocenters. The van der Waals surface area contributed by atoms with Crippen LogP contribution < -0.4 is 11.0 Å². The zero-order valence-corrected chi connectivity index (χ0v) is 14.4. The Bertz CT molecular complexity index is 1070. The molecule has 0 aromatic carbocycles. The lowest BCUT2D eigenvalue weighted by molar-refractivity contribution is -0.418. The molecule has 0 spiro atoms. The number of Topliss-reactive ketones (excluding diaryl/α,β-unsaturated/α-hetero) is 1. The van der Waals surface area contributed by atoms with Crippen molar-refractivity contribution in [1.29, 1.82) is 0 Å². The highest BCUT2D eigenvalue weighted by Gasteiger charge is 2.30. The summed E-state index contributed by atoms with van der Waals surface area (Å²) in [5.74, 6) is -1.88. The molecular weight excluding hydrogens is 389 g/mol. The summed E-state index contributed by atoms with van der Waals surface area (Å²) in [7, 11) is 1.55. The van der Waals surface area contributed by atoms with Crippen molar-refractivity contribution >= 4 is 40.1 Å². The number of ketones is 1. The van der Waals surface area contributed by atoms with E-state index in [9.17, 15) is 25.2 Å². The second-order valence-electron chi connectivity index (χ2n) is 5.22. The average molecular weight is 398 g/mol. The average Bonchev–Trinajstić information content (AvgIpc) is 2.90. The standard InChI is InChI=1S/C14H9Cl2N5O5/c1-19-13(6-2-9(21(25)26)12(23)10(22)3-6)17-18-14(19)11-7(15)4-20(24)5-8(11)16/h2-5,22,24H,1H3/b13-6-. The summed E-state index contributed by atoms with van der Waals surface area (Å²) in [4.78, 5) is 21.7. The molecule has 0 bridgehead atoms. The van der Waals surface area contributed by atoms with Crippen LogP contribution in [0.3, 0.4) is 0 Å². The lowest BCUT2D eigenvalue weighted by Gasteiger charge is -2.15. The number of nitro groups is 1. The van der Waals surface area contributed by atoms with E-state index in [1.165, 1.54) is 17.0 Å². The fraction of sp³-hybridized carbons (Fsp3) is 0.0714. The van der Waals surface area contributed by atoms with Crippen molar-refractivity contribution in [3.63, 3.8) is 0 Å². The van der Waals surface area contributed by atoms with E-state index < -0.39 is 22.2 Å². The Labute approximate surface area is 154 Å². The van der Waals surface area contributed by atoms with Gasteiger partial charge in [-0.15, -0.1) is 10.2 Å². The lowest BCUT2D eigenvalue weighted by atomic mass is 10.1. The smallest absolute Gasteiger partial charge is 0.320 e. The van der Waals surface area contributed by atoms with Crippen molar-refractivity contribution in [2.24, 2.45) is 7.05 Å². The quantitative estimate of drug-likeness (QED) is 0.505. The Morgan fingerprint density at radius 1 is 1.15 bits per heavy atom. The van der Waals surface area contributed by atoms with Gasteiger partial charge < -0.3 is 9.67 Å². The van der Waals surface area contributed by atoms with Gasteiger partial charge in [0.25, 0.3) is 5.78 Å². The predicted molar refractivity (Wildman–Crippen MR) is 89.4 cm³/mol. The van der Waals surface area contributed by atoms with Crippen LogP contribution in [0, 0.1) is 10.1 Å². The summed E-state index contributed by atoms with van der Waals surface area (Å²) in [5, 5.41) is 38.8. The van der Waals surface area contributed by atoms with Gasteiger partial charge in [0.15, 0.2) is 16.7 Å². The normalized spacial score (nSPS) is 19.8. The molecule has 2 heterocycles. The van der Waals surface area contributed by atoms with Crippen LogP contribution in [0.4, 0.5) is 0 Å². The number of hydrogen-bond acceptors (Lipinski definition) is 8. The summed E-state index contributed by atoms with van der Waals surface area (Å²) in [6, 6.07) is 0. The molecule has 26 heavy (non-hydrogen) atoms. The van der Waals surface area contributed by atoms with Gasteiger partial charge in [-0.1, -0.05) is 23.2 Å². The van der Waals surface area contributed by atoms with E-state index >= 15 is 0 Å². The molecule has 1 aliphatic carbocycles. The SMILES string of the molecule is Cn1c(=C2C(Cl)=CN(O)C=C2Cl)nn/c1=C1/C=C(O)C(=O)C([N+](=O)[O-])=C1. The third kappa shape index (κ3) is 2.90. The van der Waals surface area contributed by atoms with E-state index in [1.54, 1.807) is 7.05 Å². The summed E-state index contributed by atoms with van der Waals surface area (Å²) < 4.78 is 1.43. The molecule has 0 saturated heterocycles. The number of aliphatic hydroxyl groups excluding tert-OH is 1. The molecule has 0 fully saturated rings. The van der Waals surface area contributed by atoms with Gasteiger partial charge in [0.05, 0.1) is 33.0 Å². The number of aliphatic hydroxyl groups is 1. The third-order valence-electron chi connectivity index (χ3n) is 3.57. The zero-order valence-electron chi connectivity index (χ0n) is 12.9. The lowest BCUT2D eigenvalue weighted by Crippen LogP contribution is -2.30. The van der Waals surface area contributed by atoms with E-state index in [2.05, 4.69) is 10.2 Å². The fourth-order valence-corrected chi connectivity index (χ4v) is 3.01. The summed E-state index contributed by atoms with van der Waals surface area (Å²) in [6.07, 6.45) is 4.44. The maximum Gasteiger partial charge on any atom is 0.320 e. The van der Waals surface area contributed by atoms with E-state index in [-0.39, 0.29) is 32.2 Å². The van der Waals surface area contributed by atoms with Crippen molar-refractivity contribution in [3.8, 4) is 0 Å². The molecule has 3 rings (SSSR count). The molecular formula is C14H9Cl2N5O5. The minimum atomic E-state index is -1.09. The monoisotopic (exact) mass is 397 g/mol. The van der Waals surface area contributed by atoms with Crippen LogP contribution in [0.15, 0.2) is 46.1 Å². The number of halogens is 2. The fourth-order valence-electron chi connectivity index (χ4n) is 2.39. The zero-order chi connectivity index (χ0) is 19.2. The van der Waals surface area contributed by atoms with E-state index in [0.717, 1.165) is 12.2 Å². The first kappa shape index (κ1) is 17.9. The predicted octanol–water partition coefficient (Wildman–Crippen LogP) is 0.167. The largest absolute Gasteiger partial charge is 0.504 e. The first-order chi connectivity index (χ1) is 12.2. The van der Waals surface area contributed by atoms with Gasteiger partial charge in [-0.2, -0.15) is 0 Å². The van der Waals surface area contributed by atoms with Crippen molar-refractivity contribution in [3.05, 3.63) is 67.1 Å². The van der Waals surface area contributed by atoms with Gasteiger partial charge in [0.2, 0.25) is 0 Å². The highest BCUT2D eigenvalue weighted by Crippen LogP contribution is 2.30. The summed E-state index contributed by atoms with van der Waals surface area (Å²) in [5.41, 5.74) is -0.0636. The Hall–Kier alpha value is -2.95. The number of allylic oxidation sites excluding steroid dienone is 4. The Morgan fingerprint density at radius 3 is 2.31 bits per heavy atom. The van der Waals surface area contributed by atoms with Crippen LogP contribution in [0.2, 0.25) is 0 Å². The first-order valence-corrected chi connectivity index (χ1v) is 7.64. The van der Waals surface area contributed by atoms with E-state index in [4.69, 9.17) is 23.2 Å². The number of hydroxylamine groups is 2. The van der Waals surface area contributed by atoms with Crippen LogP contribution in [0.25, 0.3) is 11.1 Å². The Balaban J connectivity index is 2.32. The number of carbonyl (C=O) groups excluding carboxylic acids is 1. The van der Waals surface area contributed by atoms with Crippen molar-refractivity contribution in [1.82, 2.24) is 19.8 Å². The minimum Gasteiger partial charge on any atom is -0.504 e. The maximum atomic E-state index is 11.6. The van der Waals surface area contributed by atoms with Gasteiger partial charge >= 0.3 is 5.70 Å². The number of aromatic nitrogens is 3. The van der Waals surface area contributed by atoms with Gasteiger partial charge in [0, 0.05) is 18.7 Å². The molecule has 0 amide bonds. The summed E-state index contributed by atoms with van der Waals surface area (Å²) in [6.45, 7) is 0. The van der Waals surface area contributed by atoms with Gasteiger partial charge in [-0.05, 0) is 6.08 Å². The molecule has 0 saturated carbocycles. The van der Waals surface area contributed by atoms with Gasteiger partial charge in [-0.3, -0.25) is 20.1 Å². The van der Waals surface area contributed by atoms with Crippen LogP contribution in [0.1, 0.15) is 0 Å². The highest BCUT2D eigenvalue weighted by molar-refractivity contribution is 6.44. The molecule has 2 N–H and O–H groups in total. The summed E-state index contributed by atoms with van der Waals surface area (Å²) >= 11 is 12.2. The Kier molecular flexibility index (Phi) is 4.40. The molecule has 10 nitrogen and oxygen atoms in total. The molecule has 1 aliphatic heterocycles. The van der Waals surface area contributed by atoms with E-state index in [1.807, 2.05) is 0 Å². The van der Waals surface area contributed by atoms with Crippen LogP contribution in [-0.2, 0) is 11.8 Å². The van der Waals surface area contributed by atoms with Crippen molar-refractivity contribution in [2.45, 2.75) is 0 Å². The van der Waals surface area contributed by atoms with Gasteiger partial charge in [0.1, 0.15) is 0 Å². The maximum absolute atomic E-state index is 11.6. The molecule has 2 aliphatic rings. The first-order valence-electron chi connectivity index (χ1n) is 6.88. The second-order valence-corrected chi connectivity index (χ2v) is 6.03. The number of carbonyl (C=O) groups is 1. The van der Waals surface area contributed by atoms with Crippen LogP contribution in [0.5, 0.6) is 0 Å². The number of hydrogen-bond donors (Lipinski definition) is 2. The Morgan fingerprint density at radius 2 is 1.73 bits per heavy atom. The molecule has 134 valence electrons. The number of rotatable bonds is 1. The molecule has 0 radical (unpaired) electrons. The topological polar surface area (TPSA) is 135 Å². The molecule has 0 unspecified atom stereocenters. The highest BCUT2D eigenvalue weighted by atomic mass is 35.5. The van der Waals surface area contributed by atoms with Crippen LogP contribution >= 0.6 is 23.2 Å². The van der Waals surface area contributed by atoms with Crippen molar-refractivity contribution < 1.29 is 20.0 Å². The molecule has 12 heteroatoms. The van der Waals surface area contributed by atoms with Crippen molar-refractivity contribution in [2.75, 3.05) is 0 Å². The number of nitrogens with zero attached hydrogens (tertiary/aromatic N) is 5. The molecule has 1 aromatic heterocycles. The second kappa shape index (κ2) is 6.41.